The molecule has 82 valence electrons. The molecule has 1 aliphatic carbocycles. The molecular formula is C15H12N2. The molecule has 2 aromatic rings. The van der Waals surface area contributed by atoms with Crippen LogP contribution in [0.15, 0.2) is 48.6 Å². The highest BCUT2D eigenvalue weighted by Crippen LogP contribution is 2.28. The topological polar surface area (TPSA) is 38.9 Å². The molecule has 1 aliphatic rings. The lowest BCUT2D eigenvalue weighted by Gasteiger charge is -2.09. The molecule has 0 saturated carbocycles. The van der Waals surface area contributed by atoms with E-state index in [0.29, 0.717) is 0 Å². The van der Waals surface area contributed by atoms with E-state index >= 15 is 0 Å². The number of nitrogen functional groups attached to an aromatic ring is 1. The third-order valence-electron chi connectivity index (χ3n) is 2.85. The number of nitrogens with two attached hydrogens (primary N) is 1. The van der Waals surface area contributed by atoms with Crippen LogP contribution in [-0.4, -0.2) is 4.98 Å². The van der Waals surface area contributed by atoms with Gasteiger partial charge in [0.1, 0.15) is 0 Å². The van der Waals surface area contributed by atoms with Crippen molar-refractivity contribution < 1.29 is 0 Å². The summed E-state index contributed by atoms with van der Waals surface area (Å²) < 4.78 is 0. The van der Waals surface area contributed by atoms with Crippen molar-refractivity contribution in [2.75, 3.05) is 5.73 Å². The van der Waals surface area contributed by atoms with Crippen LogP contribution in [-0.2, 0) is 0 Å². The predicted octanol–water partition coefficient (Wildman–Crippen LogP) is 3.41. The van der Waals surface area contributed by atoms with E-state index in [1.807, 2.05) is 60.7 Å². The largest absolute Gasteiger partial charge is 0.398 e. The summed E-state index contributed by atoms with van der Waals surface area (Å²) in [5.74, 6) is 0. The van der Waals surface area contributed by atoms with E-state index in [0.717, 1.165) is 27.8 Å². The Labute approximate surface area is 99.8 Å². The molecule has 2 N–H and O–H groups in total. The van der Waals surface area contributed by atoms with E-state index in [1.54, 1.807) is 0 Å². The molecule has 0 spiro atoms. The lowest BCUT2D eigenvalue weighted by atomic mass is 10.0. The van der Waals surface area contributed by atoms with Gasteiger partial charge in [0, 0.05) is 10.9 Å². The van der Waals surface area contributed by atoms with Gasteiger partial charge in [-0.25, -0.2) is 4.98 Å². The van der Waals surface area contributed by atoms with Crippen molar-refractivity contribution in [2.24, 2.45) is 0 Å². The molecule has 1 heterocycles. The minimum Gasteiger partial charge on any atom is -0.398 e. The first kappa shape index (κ1) is 9.85. The number of aromatic nitrogens is 1. The predicted molar refractivity (Wildman–Crippen MR) is 73.4 cm³/mol. The van der Waals surface area contributed by atoms with Crippen LogP contribution in [0, 0.1) is 0 Å². The molecule has 1 aromatic heterocycles. The van der Waals surface area contributed by atoms with Crippen molar-refractivity contribution >= 4 is 28.7 Å². The molecular weight excluding hydrogens is 208 g/mol. The number of fused-ring (bicyclic) bond motifs is 2. The molecule has 1 aromatic carbocycles. The van der Waals surface area contributed by atoms with E-state index in [9.17, 15) is 0 Å². The van der Waals surface area contributed by atoms with Gasteiger partial charge in [-0.2, -0.15) is 0 Å². The first-order valence-electron chi connectivity index (χ1n) is 5.56. The third kappa shape index (κ3) is 1.64. The van der Waals surface area contributed by atoms with Gasteiger partial charge in [-0.3, -0.25) is 0 Å². The number of benzene rings is 1. The summed E-state index contributed by atoms with van der Waals surface area (Å²) >= 11 is 0. The number of para-hydroxylation sites is 1. The van der Waals surface area contributed by atoms with Gasteiger partial charge >= 0.3 is 0 Å². The van der Waals surface area contributed by atoms with Crippen LogP contribution >= 0.6 is 0 Å². The van der Waals surface area contributed by atoms with Crippen LogP contribution < -0.4 is 5.73 Å². The van der Waals surface area contributed by atoms with E-state index < -0.39 is 0 Å². The first-order valence-corrected chi connectivity index (χ1v) is 5.56. The second-order valence-electron chi connectivity index (χ2n) is 3.94. The molecule has 0 atom stereocenters. The zero-order valence-electron chi connectivity index (χ0n) is 9.30. The Morgan fingerprint density at radius 3 is 2.53 bits per heavy atom. The molecule has 0 radical (unpaired) electrons. The van der Waals surface area contributed by atoms with E-state index in [-0.39, 0.29) is 0 Å². The Morgan fingerprint density at radius 2 is 1.65 bits per heavy atom. The Morgan fingerprint density at radius 1 is 0.882 bits per heavy atom. The van der Waals surface area contributed by atoms with Crippen LogP contribution in [0.2, 0.25) is 0 Å². The van der Waals surface area contributed by atoms with Gasteiger partial charge in [-0.05, 0) is 12.1 Å². The summed E-state index contributed by atoms with van der Waals surface area (Å²) in [6.45, 7) is 0. The molecule has 0 unspecified atom stereocenters. The molecule has 2 nitrogen and oxygen atoms in total. The van der Waals surface area contributed by atoms with Gasteiger partial charge in [0.05, 0.1) is 16.9 Å². The van der Waals surface area contributed by atoms with Crippen molar-refractivity contribution in [3.8, 4) is 0 Å². The minimum absolute atomic E-state index is 0.793. The first-order chi connectivity index (χ1) is 8.36. The quantitative estimate of drug-likeness (QED) is 0.738. The van der Waals surface area contributed by atoms with Crippen LogP contribution in [0.25, 0.3) is 23.1 Å². The summed E-state index contributed by atoms with van der Waals surface area (Å²) in [4.78, 5) is 4.63. The standard InChI is InChI=1S/C15H12N2/c16-15-11-7-3-1-2-4-9-13(11)17-14-10-6-5-8-12(14)15/h1-10H,(H2,16,17). The number of hydrogen-bond acceptors (Lipinski definition) is 2. The fraction of sp³-hybridized carbons (Fsp3) is 0. The van der Waals surface area contributed by atoms with Crippen molar-refractivity contribution in [1.82, 2.24) is 4.98 Å². The summed E-state index contributed by atoms with van der Waals surface area (Å²) in [7, 11) is 0. The summed E-state index contributed by atoms with van der Waals surface area (Å²) in [6, 6.07) is 7.95. The monoisotopic (exact) mass is 220 g/mol. The smallest absolute Gasteiger partial charge is 0.0730 e. The highest BCUT2D eigenvalue weighted by molar-refractivity contribution is 5.96. The number of allylic oxidation sites excluding steroid dienone is 4. The van der Waals surface area contributed by atoms with E-state index in [4.69, 9.17) is 5.73 Å². The Hall–Kier alpha value is -2.35. The lowest BCUT2D eigenvalue weighted by molar-refractivity contribution is 1.35. The summed E-state index contributed by atoms with van der Waals surface area (Å²) in [5, 5.41) is 1.01. The van der Waals surface area contributed by atoms with Gasteiger partial charge in [-0.15, -0.1) is 0 Å². The molecule has 3 rings (SSSR count). The maximum absolute atomic E-state index is 6.21. The van der Waals surface area contributed by atoms with Crippen LogP contribution in [0.3, 0.4) is 0 Å². The number of hydrogen-bond donors (Lipinski definition) is 1. The van der Waals surface area contributed by atoms with E-state index in [2.05, 4.69) is 4.98 Å². The van der Waals surface area contributed by atoms with E-state index in [1.165, 1.54) is 0 Å². The maximum atomic E-state index is 6.21. The zero-order valence-corrected chi connectivity index (χ0v) is 9.30. The molecule has 0 aliphatic heterocycles. The molecule has 0 saturated heterocycles. The van der Waals surface area contributed by atoms with Crippen molar-refractivity contribution in [3.63, 3.8) is 0 Å². The van der Waals surface area contributed by atoms with Crippen LogP contribution in [0.1, 0.15) is 11.3 Å². The fourth-order valence-electron chi connectivity index (χ4n) is 2.00. The Bertz CT molecular complexity index is 664. The van der Waals surface area contributed by atoms with Gasteiger partial charge in [0.2, 0.25) is 0 Å². The SMILES string of the molecule is Nc1c2c(nc3ccccc13)\C=C/C=C\C=C/2. The number of rotatable bonds is 0. The zero-order chi connectivity index (χ0) is 11.7. The van der Waals surface area contributed by atoms with Crippen molar-refractivity contribution in [3.05, 3.63) is 59.8 Å². The molecule has 0 bridgehead atoms. The molecule has 0 fully saturated rings. The number of anilines is 1. The van der Waals surface area contributed by atoms with Gasteiger partial charge in [-0.1, -0.05) is 48.6 Å². The van der Waals surface area contributed by atoms with Crippen LogP contribution in [0.5, 0.6) is 0 Å². The highest BCUT2D eigenvalue weighted by Gasteiger charge is 2.08. The second-order valence-corrected chi connectivity index (χ2v) is 3.94. The average molecular weight is 220 g/mol. The van der Waals surface area contributed by atoms with Gasteiger partial charge in [0.25, 0.3) is 0 Å². The van der Waals surface area contributed by atoms with Crippen molar-refractivity contribution in [1.29, 1.82) is 0 Å². The lowest BCUT2D eigenvalue weighted by Crippen LogP contribution is -1.98. The third-order valence-corrected chi connectivity index (χ3v) is 2.85. The normalized spacial score (nSPS) is 19.1. The molecule has 0 amide bonds. The Kier molecular flexibility index (Phi) is 2.26. The van der Waals surface area contributed by atoms with Crippen molar-refractivity contribution in [2.45, 2.75) is 0 Å². The maximum Gasteiger partial charge on any atom is 0.0730 e. The van der Waals surface area contributed by atoms with Crippen LogP contribution in [0.4, 0.5) is 5.69 Å². The Balaban J connectivity index is 2.39. The number of nitrogens with zero attached hydrogens (tertiary/aromatic N) is 1. The number of pyridine rings is 1. The molecule has 2 heteroatoms. The second kappa shape index (κ2) is 3.91. The summed E-state index contributed by atoms with van der Waals surface area (Å²) in [6.07, 6.45) is 11.9. The van der Waals surface area contributed by atoms with Gasteiger partial charge < -0.3 is 5.73 Å². The highest BCUT2D eigenvalue weighted by atomic mass is 14.7. The minimum atomic E-state index is 0.793. The molecule has 17 heavy (non-hydrogen) atoms. The summed E-state index contributed by atoms with van der Waals surface area (Å²) in [5.41, 5.74) is 9.85. The fourth-order valence-corrected chi connectivity index (χ4v) is 2.00. The average Bonchev–Trinajstić information content (AvgIpc) is 2.32. The van der Waals surface area contributed by atoms with Gasteiger partial charge in [0.15, 0.2) is 0 Å².